The fourth-order valence-electron chi connectivity index (χ4n) is 2.75. The molecule has 1 fully saturated rings. The van der Waals surface area contributed by atoms with Crippen LogP contribution in [0.15, 0.2) is 24.3 Å². The largest absolute Gasteiger partial charge is 0.449 e. The van der Waals surface area contributed by atoms with E-state index in [0.29, 0.717) is 18.5 Å². The van der Waals surface area contributed by atoms with Crippen LogP contribution in [0.1, 0.15) is 30.6 Å². The number of hydrogen-bond donors (Lipinski definition) is 0. The van der Waals surface area contributed by atoms with E-state index < -0.39 is 21.9 Å². The number of nitrogens with zero attached hydrogens (tertiary/aromatic N) is 1. The molecule has 0 radical (unpaired) electrons. The minimum absolute atomic E-state index is 0.0240. The van der Waals surface area contributed by atoms with E-state index in [0.717, 1.165) is 3.57 Å². The number of rotatable bonds is 5. The second-order valence-corrected chi connectivity index (χ2v) is 9.10. The summed E-state index contributed by atoms with van der Waals surface area (Å²) in [6, 6.07) is 6.62. The van der Waals surface area contributed by atoms with Gasteiger partial charge in [0, 0.05) is 16.2 Å². The maximum Gasteiger partial charge on any atom is 0.339 e. The van der Waals surface area contributed by atoms with E-state index in [4.69, 9.17) is 4.74 Å². The topological polar surface area (TPSA) is 80.8 Å². The van der Waals surface area contributed by atoms with E-state index in [1.807, 2.05) is 28.7 Å². The molecule has 2 rings (SSSR count). The van der Waals surface area contributed by atoms with Gasteiger partial charge in [-0.05, 0) is 55.0 Å². The van der Waals surface area contributed by atoms with Gasteiger partial charge in [-0.3, -0.25) is 4.79 Å². The average molecular weight is 465 g/mol. The van der Waals surface area contributed by atoms with Crippen molar-refractivity contribution in [1.82, 2.24) is 4.90 Å². The summed E-state index contributed by atoms with van der Waals surface area (Å²) in [5.41, 5.74) is 0.407. The van der Waals surface area contributed by atoms with Gasteiger partial charge in [0.15, 0.2) is 15.9 Å². The summed E-state index contributed by atoms with van der Waals surface area (Å²) in [5, 5.41) is 0. The van der Waals surface area contributed by atoms with Crippen LogP contribution in [-0.2, 0) is 19.4 Å². The third kappa shape index (κ3) is 4.47. The molecule has 24 heavy (non-hydrogen) atoms. The van der Waals surface area contributed by atoms with Gasteiger partial charge in [0.2, 0.25) is 0 Å². The molecule has 1 aromatic rings. The van der Waals surface area contributed by atoms with Crippen molar-refractivity contribution in [3.8, 4) is 0 Å². The molecule has 1 saturated heterocycles. The fraction of sp³-hybridized carbons (Fsp3) is 0.500. The highest BCUT2D eigenvalue weighted by molar-refractivity contribution is 14.1. The second kappa shape index (κ2) is 7.81. The molecule has 1 amide bonds. The Balaban J connectivity index is 2.05. The molecule has 2 atom stereocenters. The highest BCUT2D eigenvalue weighted by atomic mass is 127. The number of likely N-dealkylation sites (N-methyl/N-ethyl adjacent to an activating group) is 1. The lowest BCUT2D eigenvalue weighted by Crippen LogP contribution is -2.46. The molecule has 1 aromatic carbocycles. The van der Waals surface area contributed by atoms with E-state index >= 15 is 0 Å². The normalized spacial score (nSPS) is 20.4. The van der Waals surface area contributed by atoms with Gasteiger partial charge in [0.05, 0.1) is 17.1 Å². The number of amides is 1. The van der Waals surface area contributed by atoms with Crippen LogP contribution in [-0.4, -0.2) is 55.4 Å². The Bertz CT molecular complexity index is 734. The zero-order valence-corrected chi connectivity index (χ0v) is 16.5. The van der Waals surface area contributed by atoms with Crippen molar-refractivity contribution in [2.45, 2.75) is 32.4 Å². The highest BCUT2D eigenvalue weighted by Crippen LogP contribution is 2.20. The Morgan fingerprint density at radius 2 is 2.04 bits per heavy atom. The molecule has 2 unspecified atom stereocenters. The number of hydrogen-bond acceptors (Lipinski definition) is 5. The third-order valence-electron chi connectivity index (χ3n) is 4.00. The molecule has 132 valence electrons. The van der Waals surface area contributed by atoms with Crippen LogP contribution < -0.4 is 0 Å². The van der Waals surface area contributed by atoms with E-state index in [9.17, 15) is 18.0 Å². The summed E-state index contributed by atoms with van der Waals surface area (Å²) in [4.78, 5) is 26.3. The number of sulfone groups is 1. The van der Waals surface area contributed by atoms with Crippen LogP contribution in [0.25, 0.3) is 0 Å². The van der Waals surface area contributed by atoms with Crippen LogP contribution in [0.5, 0.6) is 0 Å². The first kappa shape index (κ1) is 19.2. The summed E-state index contributed by atoms with van der Waals surface area (Å²) in [6.45, 7) is 3.68. The van der Waals surface area contributed by atoms with Gasteiger partial charge in [-0.1, -0.05) is 12.1 Å². The van der Waals surface area contributed by atoms with Crippen molar-refractivity contribution in [1.29, 1.82) is 0 Å². The molecule has 8 heteroatoms. The summed E-state index contributed by atoms with van der Waals surface area (Å²) in [6.07, 6.45) is -0.532. The predicted octanol–water partition coefficient (Wildman–Crippen LogP) is 1.87. The number of benzene rings is 1. The number of ether oxygens (including phenoxy) is 1. The highest BCUT2D eigenvalue weighted by Gasteiger charge is 2.36. The zero-order valence-electron chi connectivity index (χ0n) is 13.6. The molecule has 1 aliphatic rings. The molecule has 0 bridgehead atoms. The Morgan fingerprint density at radius 3 is 2.58 bits per heavy atom. The van der Waals surface area contributed by atoms with Crippen LogP contribution in [0, 0.1) is 3.57 Å². The predicted molar refractivity (Wildman–Crippen MR) is 98.5 cm³/mol. The van der Waals surface area contributed by atoms with Crippen molar-refractivity contribution < 1.29 is 22.7 Å². The molecule has 0 saturated carbocycles. The minimum atomic E-state index is -3.08. The van der Waals surface area contributed by atoms with Crippen LogP contribution in [0.4, 0.5) is 0 Å². The smallest absolute Gasteiger partial charge is 0.339 e. The Kier molecular flexibility index (Phi) is 6.24. The molecular formula is C16H20INO5S. The summed E-state index contributed by atoms with van der Waals surface area (Å²) in [5.74, 6) is -0.850. The lowest BCUT2D eigenvalue weighted by atomic mass is 10.2. The van der Waals surface area contributed by atoms with Gasteiger partial charge in [-0.15, -0.1) is 0 Å². The Labute approximate surface area is 155 Å². The molecule has 0 N–H and O–H groups in total. The third-order valence-corrected chi connectivity index (χ3v) is 6.69. The lowest BCUT2D eigenvalue weighted by Gasteiger charge is -2.29. The first-order chi connectivity index (χ1) is 11.2. The quantitative estimate of drug-likeness (QED) is 0.490. The lowest BCUT2D eigenvalue weighted by molar-refractivity contribution is -0.141. The van der Waals surface area contributed by atoms with Gasteiger partial charge >= 0.3 is 5.97 Å². The van der Waals surface area contributed by atoms with Crippen LogP contribution >= 0.6 is 22.6 Å². The molecule has 0 aromatic heterocycles. The molecule has 0 spiro atoms. The SMILES string of the molecule is CCN(C(=O)C(C)OC(=O)c1ccccc1I)C1CCS(=O)(=O)C1. The monoisotopic (exact) mass is 465 g/mol. The molecular weight excluding hydrogens is 445 g/mol. The van der Waals surface area contributed by atoms with E-state index in [1.165, 1.54) is 11.8 Å². The molecule has 0 aliphatic carbocycles. The number of carbonyl (C=O) groups is 2. The standard InChI is InChI=1S/C16H20INO5S/c1-3-18(12-8-9-24(21,22)10-12)15(19)11(2)23-16(20)13-6-4-5-7-14(13)17/h4-7,11-12H,3,8-10H2,1-2H3. The molecule has 6 nitrogen and oxygen atoms in total. The number of carbonyl (C=O) groups excluding carboxylic acids is 2. The number of esters is 1. The van der Waals surface area contributed by atoms with E-state index in [-0.39, 0.29) is 23.5 Å². The van der Waals surface area contributed by atoms with Gasteiger partial charge in [-0.25, -0.2) is 13.2 Å². The average Bonchev–Trinajstić information content (AvgIpc) is 2.88. The first-order valence-corrected chi connectivity index (χ1v) is 10.6. The molecule has 1 heterocycles. The summed E-state index contributed by atoms with van der Waals surface area (Å²) < 4.78 is 29.3. The van der Waals surface area contributed by atoms with Gasteiger partial charge in [-0.2, -0.15) is 0 Å². The van der Waals surface area contributed by atoms with Gasteiger partial charge in [0.25, 0.3) is 5.91 Å². The van der Waals surface area contributed by atoms with E-state index in [2.05, 4.69) is 0 Å². The van der Waals surface area contributed by atoms with Crippen molar-refractivity contribution in [2.75, 3.05) is 18.1 Å². The van der Waals surface area contributed by atoms with Crippen molar-refractivity contribution in [2.24, 2.45) is 0 Å². The molecule has 1 aliphatic heterocycles. The maximum atomic E-state index is 12.6. The Morgan fingerprint density at radius 1 is 1.38 bits per heavy atom. The maximum absolute atomic E-state index is 12.6. The van der Waals surface area contributed by atoms with Crippen molar-refractivity contribution in [3.05, 3.63) is 33.4 Å². The van der Waals surface area contributed by atoms with Gasteiger partial charge in [0.1, 0.15) is 0 Å². The summed E-state index contributed by atoms with van der Waals surface area (Å²) >= 11 is 2.03. The Hall–Kier alpha value is -1.16. The summed E-state index contributed by atoms with van der Waals surface area (Å²) in [7, 11) is -3.08. The fourth-order valence-corrected chi connectivity index (χ4v) is 5.09. The van der Waals surface area contributed by atoms with Crippen LogP contribution in [0.2, 0.25) is 0 Å². The minimum Gasteiger partial charge on any atom is -0.449 e. The first-order valence-electron chi connectivity index (χ1n) is 7.71. The number of halogens is 1. The second-order valence-electron chi connectivity index (χ2n) is 5.71. The van der Waals surface area contributed by atoms with Crippen molar-refractivity contribution in [3.63, 3.8) is 0 Å². The van der Waals surface area contributed by atoms with Crippen molar-refractivity contribution >= 4 is 44.3 Å². The van der Waals surface area contributed by atoms with Gasteiger partial charge < -0.3 is 9.64 Å². The van der Waals surface area contributed by atoms with Crippen LogP contribution in [0.3, 0.4) is 0 Å². The zero-order chi connectivity index (χ0) is 17.9. The van der Waals surface area contributed by atoms with E-state index in [1.54, 1.807) is 25.1 Å².